The summed E-state index contributed by atoms with van der Waals surface area (Å²) in [6, 6.07) is 0. The van der Waals surface area contributed by atoms with E-state index < -0.39 is 0 Å². The first kappa shape index (κ1) is 15.7. The van der Waals surface area contributed by atoms with E-state index in [0.717, 1.165) is 5.92 Å². The van der Waals surface area contributed by atoms with E-state index in [1.165, 1.54) is 64.2 Å². The summed E-state index contributed by atoms with van der Waals surface area (Å²) in [7, 11) is 0. The van der Waals surface area contributed by atoms with E-state index in [9.17, 15) is 0 Å². The molecule has 0 nitrogen and oxygen atoms in total. The second-order valence-electron chi connectivity index (χ2n) is 5.12. The Bertz CT molecular complexity index is 146. The summed E-state index contributed by atoms with van der Waals surface area (Å²) in [5.74, 6) is 0.787. The second-order valence-corrected chi connectivity index (χ2v) is 5.12. The summed E-state index contributed by atoms with van der Waals surface area (Å²) in [6.07, 6.45) is 18.8. The summed E-state index contributed by atoms with van der Waals surface area (Å²) in [5.41, 5.74) is 0. The average Bonchev–Trinajstić information content (AvgIpc) is 2.27. The molecule has 0 radical (unpaired) electrons. The van der Waals surface area contributed by atoms with Crippen LogP contribution < -0.4 is 0 Å². The topological polar surface area (TPSA) is 0 Å². The zero-order valence-electron chi connectivity index (χ0n) is 11.8. The van der Waals surface area contributed by atoms with Gasteiger partial charge < -0.3 is 0 Å². The third-order valence-corrected chi connectivity index (χ3v) is 3.28. The van der Waals surface area contributed by atoms with E-state index in [4.69, 9.17) is 0 Å². The maximum Gasteiger partial charge on any atom is -0.0262 e. The quantitative estimate of drug-likeness (QED) is 0.293. The molecule has 0 N–H and O–H groups in total. The van der Waals surface area contributed by atoms with E-state index in [0.29, 0.717) is 0 Å². The van der Waals surface area contributed by atoms with Gasteiger partial charge in [0.2, 0.25) is 0 Å². The molecular weight excluding hydrogens is 192 g/mol. The van der Waals surface area contributed by atoms with Gasteiger partial charge in [0.25, 0.3) is 0 Å². The fraction of sp³-hybridized carbons (Fsp3) is 0.875. The van der Waals surface area contributed by atoms with Crippen LogP contribution in [-0.2, 0) is 0 Å². The highest BCUT2D eigenvalue weighted by atomic mass is 14.0. The molecule has 0 saturated carbocycles. The minimum atomic E-state index is 0.787. The van der Waals surface area contributed by atoms with Crippen LogP contribution in [0.4, 0.5) is 0 Å². The van der Waals surface area contributed by atoms with Crippen molar-refractivity contribution in [2.75, 3.05) is 0 Å². The first-order valence-corrected chi connectivity index (χ1v) is 7.44. The first-order chi connectivity index (χ1) is 7.81. The average molecular weight is 224 g/mol. The van der Waals surface area contributed by atoms with Gasteiger partial charge in [-0.2, -0.15) is 0 Å². The Balaban J connectivity index is 3.04. The normalized spacial score (nSPS) is 13.4. The summed E-state index contributed by atoms with van der Waals surface area (Å²) >= 11 is 0. The van der Waals surface area contributed by atoms with Gasteiger partial charge in [-0.1, -0.05) is 83.8 Å². The highest BCUT2D eigenvalue weighted by molar-refractivity contribution is 4.82. The molecule has 0 aromatic rings. The van der Waals surface area contributed by atoms with Crippen molar-refractivity contribution < 1.29 is 0 Å². The molecule has 0 heteroatoms. The van der Waals surface area contributed by atoms with E-state index in [1.807, 2.05) is 0 Å². The molecular formula is C16H32. The van der Waals surface area contributed by atoms with Gasteiger partial charge in [-0.05, 0) is 19.3 Å². The summed E-state index contributed by atoms with van der Waals surface area (Å²) in [6.45, 7) is 6.73. The third kappa shape index (κ3) is 11.8. The molecule has 0 heterocycles. The smallest absolute Gasteiger partial charge is 0.0262 e. The van der Waals surface area contributed by atoms with Gasteiger partial charge in [-0.15, -0.1) is 0 Å². The number of unbranched alkanes of at least 4 members (excludes halogenated alkanes) is 8. The molecule has 0 aromatic heterocycles. The maximum atomic E-state index is 2.32. The SMILES string of the molecule is C/C=C/C(C)CCCCCCCCCCC. The lowest BCUT2D eigenvalue weighted by atomic mass is 10.0. The highest BCUT2D eigenvalue weighted by Crippen LogP contribution is 2.13. The summed E-state index contributed by atoms with van der Waals surface area (Å²) in [5, 5.41) is 0. The monoisotopic (exact) mass is 224 g/mol. The van der Waals surface area contributed by atoms with Crippen molar-refractivity contribution in [2.45, 2.75) is 85.0 Å². The standard InChI is InChI=1S/C16H32/c1-4-6-7-8-9-10-11-12-13-15-16(3)14-5-2/h5,14,16H,4,6-13,15H2,1-3H3/b14-5+. The van der Waals surface area contributed by atoms with E-state index >= 15 is 0 Å². The van der Waals surface area contributed by atoms with Crippen molar-refractivity contribution in [2.24, 2.45) is 5.92 Å². The number of hydrogen-bond acceptors (Lipinski definition) is 0. The van der Waals surface area contributed by atoms with Gasteiger partial charge in [-0.25, -0.2) is 0 Å². The number of rotatable bonds is 11. The fourth-order valence-corrected chi connectivity index (χ4v) is 2.20. The molecule has 96 valence electrons. The molecule has 0 aliphatic carbocycles. The molecule has 16 heavy (non-hydrogen) atoms. The van der Waals surface area contributed by atoms with Crippen molar-refractivity contribution in [1.82, 2.24) is 0 Å². The molecule has 0 aliphatic rings. The van der Waals surface area contributed by atoms with Crippen LogP contribution >= 0.6 is 0 Å². The van der Waals surface area contributed by atoms with Crippen LogP contribution in [0, 0.1) is 5.92 Å². The summed E-state index contributed by atoms with van der Waals surface area (Å²) < 4.78 is 0. The highest BCUT2D eigenvalue weighted by Gasteiger charge is 1.96. The molecule has 1 unspecified atom stereocenters. The van der Waals surface area contributed by atoms with Crippen LogP contribution in [0.25, 0.3) is 0 Å². The van der Waals surface area contributed by atoms with Crippen LogP contribution in [0.1, 0.15) is 85.0 Å². The predicted octanol–water partition coefficient (Wildman–Crippen LogP) is 6.12. The van der Waals surface area contributed by atoms with E-state index in [1.54, 1.807) is 0 Å². The minimum absolute atomic E-state index is 0.787. The zero-order chi connectivity index (χ0) is 12.1. The molecule has 0 spiro atoms. The Morgan fingerprint density at radius 2 is 1.31 bits per heavy atom. The Hall–Kier alpha value is -0.260. The lowest BCUT2D eigenvalue weighted by molar-refractivity contribution is 0.529. The van der Waals surface area contributed by atoms with E-state index in [2.05, 4.69) is 32.9 Å². The molecule has 0 rings (SSSR count). The lowest BCUT2D eigenvalue weighted by Crippen LogP contribution is -1.89. The largest absolute Gasteiger partial charge is 0.0914 e. The van der Waals surface area contributed by atoms with Crippen LogP contribution in [0.2, 0.25) is 0 Å². The van der Waals surface area contributed by atoms with Crippen LogP contribution in [0.5, 0.6) is 0 Å². The third-order valence-electron chi connectivity index (χ3n) is 3.28. The van der Waals surface area contributed by atoms with Crippen LogP contribution in [0.3, 0.4) is 0 Å². The molecule has 0 amide bonds. The Morgan fingerprint density at radius 1 is 0.812 bits per heavy atom. The Morgan fingerprint density at radius 3 is 1.81 bits per heavy atom. The van der Waals surface area contributed by atoms with Gasteiger partial charge in [0.1, 0.15) is 0 Å². The molecule has 0 saturated heterocycles. The Labute approximate surface area is 104 Å². The first-order valence-electron chi connectivity index (χ1n) is 7.44. The molecule has 0 aliphatic heterocycles. The van der Waals surface area contributed by atoms with E-state index in [-0.39, 0.29) is 0 Å². The fourth-order valence-electron chi connectivity index (χ4n) is 2.20. The van der Waals surface area contributed by atoms with Crippen molar-refractivity contribution in [3.8, 4) is 0 Å². The predicted molar refractivity (Wildman–Crippen MR) is 75.8 cm³/mol. The van der Waals surface area contributed by atoms with Gasteiger partial charge in [0, 0.05) is 0 Å². The minimum Gasteiger partial charge on any atom is -0.0914 e. The molecule has 0 aromatic carbocycles. The molecule has 1 atom stereocenters. The van der Waals surface area contributed by atoms with Crippen LogP contribution in [0.15, 0.2) is 12.2 Å². The van der Waals surface area contributed by atoms with Gasteiger partial charge >= 0.3 is 0 Å². The van der Waals surface area contributed by atoms with Crippen molar-refractivity contribution >= 4 is 0 Å². The van der Waals surface area contributed by atoms with Gasteiger partial charge in [-0.3, -0.25) is 0 Å². The van der Waals surface area contributed by atoms with Crippen LogP contribution in [-0.4, -0.2) is 0 Å². The van der Waals surface area contributed by atoms with Crippen molar-refractivity contribution in [3.05, 3.63) is 12.2 Å². The molecule has 0 fully saturated rings. The number of allylic oxidation sites excluding steroid dienone is 2. The zero-order valence-corrected chi connectivity index (χ0v) is 11.8. The van der Waals surface area contributed by atoms with Crippen molar-refractivity contribution in [1.29, 1.82) is 0 Å². The summed E-state index contributed by atoms with van der Waals surface area (Å²) in [4.78, 5) is 0. The maximum absolute atomic E-state index is 2.32. The van der Waals surface area contributed by atoms with Gasteiger partial charge in [0.15, 0.2) is 0 Å². The van der Waals surface area contributed by atoms with Gasteiger partial charge in [0.05, 0.1) is 0 Å². The number of hydrogen-bond donors (Lipinski definition) is 0. The molecule has 0 bridgehead atoms. The lowest BCUT2D eigenvalue weighted by Gasteiger charge is -2.05. The van der Waals surface area contributed by atoms with Crippen molar-refractivity contribution in [3.63, 3.8) is 0 Å². The second kappa shape index (κ2) is 12.8. The Kier molecular flexibility index (Phi) is 12.6.